The Bertz CT molecular complexity index is 523. The van der Waals surface area contributed by atoms with Crippen LogP contribution in [0.1, 0.15) is 35.2 Å². The Morgan fingerprint density at radius 2 is 2.15 bits per heavy atom. The Kier molecular flexibility index (Phi) is 4.39. The molecule has 1 aliphatic carbocycles. The Morgan fingerprint density at radius 1 is 1.45 bits per heavy atom. The number of carbonyl (C=O) groups excluding carboxylic acids is 1. The lowest BCUT2D eigenvalue weighted by Gasteiger charge is -2.17. The van der Waals surface area contributed by atoms with Gasteiger partial charge in [0, 0.05) is 6.04 Å². The van der Waals surface area contributed by atoms with Crippen LogP contribution >= 0.6 is 0 Å². The summed E-state index contributed by atoms with van der Waals surface area (Å²) in [7, 11) is 1.50. The molecule has 1 unspecified atom stereocenters. The molecule has 1 aliphatic rings. The second-order valence-corrected chi connectivity index (χ2v) is 5.16. The fourth-order valence-corrected chi connectivity index (χ4v) is 2.14. The topological polar surface area (TPSA) is 75.6 Å². The number of ketones is 1. The first-order valence-electron chi connectivity index (χ1n) is 6.68. The summed E-state index contributed by atoms with van der Waals surface area (Å²) in [4.78, 5) is 23.5. The van der Waals surface area contributed by atoms with Gasteiger partial charge in [-0.2, -0.15) is 0 Å². The summed E-state index contributed by atoms with van der Waals surface area (Å²) < 4.78 is 5.20. The quantitative estimate of drug-likeness (QED) is 0.743. The van der Waals surface area contributed by atoms with E-state index in [2.05, 4.69) is 5.32 Å². The van der Waals surface area contributed by atoms with E-state index in [0.717, 1.165) is 18.4 Å². The molecule has 0 amide bonds. The minimum Gasteiger partial charge on any atom is -0.496 e. The molecular weight excluding hydrogens is 258 g/mol. The summed E-state index contributed by atoms with van der Waals surface area (Å²) >= 11 is 0. The van der Waals surface area contributed by atoms with Crippen molar-refractivity contribution in [1.82, 2.24) is 5.32 Å². The van der Waals surface area contributed by atoms with Crippen molar-refractivity contribution in [3.63, 3.8) is 0 Å². The minimum atomic E-state index is -0.983. The van der Waals surface area contributed by atoms with E-state index in [-0.39, 0.29) is 18.2 Å². The number of aryl methyl sites for hydroxylation is 1. The standard InChI is InChI=1S/C15H19NO4/c1-9-3-6-13(20-2)11(7-9)15(19)12(8-14(17)18)16-10-4-5-10/h3,6-7,10,12,16H,4-5,8H2,1-2H3,(H,17,18). The van der Waals surface area contributed by atoms with Gasteiger partial charge in [-0.05, 0) is 31.9 Å². The van der Waals surface area contributed by atoms with Gasteiger partial charge in [0.15, 0.2) is 5.78 Å². The molecule has 0 aliphatic heterocycles. The van der Waals surface area contributed by atoms with Crippen molar-refractivity contribution in [3.8, 4) is 5.75 Å². The number of rotatable bonds is 7. The van der Waals surface area contributed by atoms with Gasteiger partial charge in [-0.1, -0.05) is 11.6 Å². The molecule has 1 aromatic rings. The molecule has 0 bridgehead atoms. The average molecular weight is 277 g/mol. The maximum atomic E-state index is 12.6. The summed E-state index contributed by atoms with van der Waals surface area (Å²) in [6, 6.07) is 4.90. The predicted molar refractivity (Wildman–Crippen MR) is 74.3 cm³/mol. The van der Waals surface area contributed by atoms with Crippen LogP contribution in [0.25, 0.3) is 0 Å². The van der Waals surface area contributed by atoms with Crippen LogP contribution in [0.5, 0.6) is 5.75 Å². The van der Waals surface area contributed by atoms with Crippen molar-refractivity contribution in [2.75, 3.05) is 7.11 Å². The third-order valence-corrected chi connectivity index (χ3v) is 3.33. The first-order valence-corrected chi connectivity index (χ1v) is 6.68. The highest BCUT2D eigenvalue weighted by Gasteiger charge is 2.31. The van der Waals surface area contributed by atoms with Gasteiger partial charge in [0.05, 0.1) is 25.1 Å². The van der Waals surface area contributed by atoms with E-state index in [4.69, 9.17) is 9.84 Å². The van der Waals surface area contributed by atoms with Gasteiger partial charge in [0.25, 0.3) is 0 Å². The fourth-order valence-electron chi connectivity index (χ4n) is 2.14. The SMILES string of the molecule is COc1ccc(C)cc1C(=O)C(CC(=O)O)NC1CC1. The number of carboxylic acid groups (broad SMARTS) is 1. The highest BCUT2D eigenvalue weighted by Crippen LogP contribution is 2.25. The van der Waals surface area contributed by atoms with Crippen LogP contribution in [0.3, 0.4) is 0 Å². The minimum absolute atomic E-state index is 0.216. The van der Waals surface area contributed by atoms with Gasteiger partial charge in [0.2, 0.25) is 0 Å². The molecule has 0 radical (unpaired) electrons. The van der Waals surface area contributed by atoms with Gasteiger partial charge < -0.3 is 15.2 Å². The molecule has 0 heterocycles. The summed E-state index contributed by atoms with van der Waals surface area (Å²) in [5, 5.41) is 12.1. The van der Waals surface area contributed by atoms with Crippen LogP contribution in [-0.4, -0.2) is 36.1 Å². The highest BCUT2D eigenvalue weighted by atomic mass is 16.5. The molecule has 0 saturated heterocycles. The number of methoxy groups -OCH3 is 1. The Balaban J connectivity index is 2.25. The van der Waals surface area contributed by atoms with Crippen LogP contribution < -0.4 is 10.1 Å². The molecular formula is C15H19NO4. The molecule has 1 saturated carbocycles. The number of carboxylic acids is 1. The van der Waals surface area contributed by atoms with Crippen LogP contribution in [-0.2, 0) is 4.79 Å². The van der Waals surface area contributed by atoms with Crippen LogP contribution in [0, 0.1) is 6.92 Å². The molecule has 1 atom stereocenters. The van der Waals surface area contributed by atoms with E-state index < -0.39 is 12.0 Å². The second kappa shape index (κ2) is 6.05. The van der Waals surface area contributed by atoms with Crippen molar-refractivity contribution < 1.29 is 19.4 Å². The van der Waals surface area contributed by atoms with Gasteiger partial charge >= 0.3 is 5.97 Å². The van der Waals surface area contributed by atoms with Crippen LogP contribution in [0.2, 0.25) is 0 Å². The smallest absolute Gasteiger partial charge is 0.305 e. The van der Waals surface area contributed by atoms with Crippen LogP contribution in [0.4, 0.5) is 0 Å². The average Bonchev–Trinajstić information content (AvgIpc) is 3.20. The van der Waals surface area contributed by atoms with Crippen molar-refractivity contribution in [1.29, 1.82) is 0 Å². The fraction of sp³-hybridized carbons (Fsp3) is 0.467. The zero-order valence-electron chi connectivity index (χ0n) is 11.7. The number of Topliss-reactive ketones (excluding diaryl/α,β-unsaturated/α-hetero) is 1. The number of nitrogens with one attached hydrogen (secondary N) is 1. The van der Waals surface area contributed by atoms with Crippen molar-refractivity contribution in [2.45, 2.75) is 38.3 Å². The molecule has 5 nitrogen and oxygen atoms in total. The third-order valence-electron chi connectivity index (χ3n) is 3.33. The predicted octanol–water partition coefficient (Wildman–Crippen LogP) is 1.78. The number of carbonyl (C=O) groups is 2. The summed E-state index contributed by atoms with van der Waals surface area (Å²) in [5.74, 6) is -0.725. The van der Waals surface area contributed by atoms with Gasteiger partial charge in [0.1, 0.15) is 5.75 Å². The molecule has 2 N–H and O–H groups in total. The number of hydrogen-bond acceptors (Lipinski definition) is 4. The zero-order valence-corrected chi connectivity index (χ0v) is 11.7. The van der Waals surface area contributed by atoms with Gasteiger partial charge in [-0.15, -0.1) is 0 Å². The molecule has 0 aromatic heterocycles. The summed E-state index contributed by atoms with van der Waals surface area (Å²) in [6.45, 7) is 1.89. The van der Waals surface area contributed by atoms with Crippen molar-refractivity contribution in [2.24, 2.45) is 0 Å². The maximum Gasteiger partial charge on any atom is 0.305 e. The number of ether oxygens (including phenoxy) is 1. The summed E-state index contributed by atoms with van der Waals surface area (Å²) in [6.07, 6.45) is 1.77. The lowest BCUT2D eigenvalue weighted by Crippen LogP contribution is -2.40. The lowest BCUT2D eigenvalue weighted by atomic mass is 9.99. The number of hydrogen-bond donors (Lipinski definition) is 2. The normalized spacial score (nSPS) is 15.7. The molecule has 1 fully saturated rings. The summed E-state index contributed by atoms with van der Waals surface area (Å²) in [5.41, 5.74) is 1.38. The highest BCUT2D eigenvalue weighted by molar-refractivity contribution is 6.04. The van der Waals surface area contributed by atoms with E-state index in [9.17, 15) is 9.59 Å². The lowest BCUT2D eigenvalue weighted by molar-refractivity contribution is -0.137. The van der Waals surface area contributed by atoms with E-state index in [0.29, 0.717) is 11.3 Å². The molecule has 20 heavy (non-hydrogen) atoms. The maximum absolute atomic E-state index is 12.6. The second-order valence-electron chi connectivity index (χ2n) is 5.16. The van der Waals surface area contributed by atoms with E-state index >= 15 is 0 Å². The molecule has 1 aromatic carbocycles. The zero-order chi connectivity index (χ0) is 14.7. The Hall–Kier alpha value is -1.88. The monoisotopic (exact) mass is 277 g/mol. The largest absolute Gasteiger partial charge is 0.496 e. The Labute approximate surface area is 117 Å². The van der Waals surface area contributed by atoms with Crippen molar-refractivity contribution in [3.05, 3.63) is 29.3 Å². The molecule has 108 valence electrons. The Morgan fingerprint density at radius 3 is 2.70 bits per heavy atom. The first kappa shape index (κ1) is 14.5. The first-order chi connectivity index (χ1) is 9.51. The molecule has 5 heteroatoms. The van der Waals surface area contributed by atoms with Crippen molar-refractivity contribution >= 4 is 11.8 Å². The molecule has 2 rings (SSSR count). The van der Waals surface area contributed by atoms with Gasteiger partial charge in [-0.3, -0.25) is 9.59 Å². The van der Waals surface area contributed by atoms with E-state index in [1.54, 1.807) is 12.1 Å². The number of aliphatic carboxylic acids is 1. The van der Waals surface area contributed by atoms with Crippen LogP contribution in [0.15, 0.2) is 18.2 Å². The van der Waals surface area contributed by atoms with E-state index in [1.165, 1.54) is 7.11 Å². The van der Waals surface area contributed by atoms with E-state index in [1.807, 2.05) is 13.0 Å². The molecule has 0 spiro atoms. The number of benzene rings is 1. The van der Waals surface area contributed by atoms with Gasteiger partial charge in [-0.25, -0.2) is 0 Å². The third kappa shape index (κ3) is 3.57.